The fourth-order valence-electron chi connectivity index (χ4n) is 2.65. The van der Waals surface area contributed by atoms with Gasteiger partial charge in [0.2, 0.25) is 0 Å². The van der Waals surface area contributed by atoms with Crippen LogP contribution in [0.5, 0.6) is 0 Å². The molecule has 1 aromatic carbocycles. The maximum atomic E-state index is 12.5. The van der Waals surface area contributed by atoms with E-state index in [0.29, 0.717) is 31.0 Å². The summed E-state index contributed by atoms with van der Waals surface area (Å²) in [4.78, 5) is 13.5. The second kappa shape index (κ2) is 10.2. The van der Waals surface area contributed by atoms with Gasteiger partial charge in [-0.05, 0) is 23.1 Å². The molecule has 0 aliphatic carbocycles. The Kier molecular flexibility index (Phi) is 7.41. The van der Waals surface area contributed by atoms with Gasteiger partial charge in [0.25, 0.3) is 5.91 Å². The highest BCUT2D eigenvalue weighted by Gasteiger charge is 2.16. The number of nitrogens with zero attached hydrogens (tertiary/aromatic N) is 3. The average molecular weight is 415 g/mol. The molecule has 0 unspecified atom stereocenters. The van der Waals surface area contributed by atoms with Crippen molar-refractivity contribution in [3.63, 3.8) is 0 Å². The van der Waals surface area contributed by atoms with E-state index in [1.807, 2.05) is 52.4 Å². The zero-order valence-electron chi connectivity index (χ0n) is 15.6. The van der Waals surface area contributed by atoms with Gasteiger partial charge < -0.3 is 10.1 Å². The number of hydrogen-bond donors (Lipinski definition) is 1. The average Bonchev–Trinajstić information content (AvgIpc) is 3.37. The number of nitrogens with one attached hydrogen (secondary N) is 1. The predicted molar refractivity (Wildman–Crippen MR) is 114 cm³/mol. The number of ether oxygens (including phenoxy) is 1. The van der Waals surface area contributed by atoms with E-state index >= 15 is 0 Å². The van der Waals surface area contributed by atoms with Gasteiger partial charge in [-0.3, -0.25) is 9.36 Å². The van der Waals surface area contributed by atoms with Crippen LogP contribution in [0.15, 0.2) is 59.6 Å². The van der Waals surface area contributed by atoms with Gasteiger partial charge in [0.05, 0.1) is 11.5 Å². The molecule has 1 amide bonds. The zero-order valence-corrected chi connectivity index (χ0v) is 17.3. The maximum Gasteiger partial charge on any atom is 0.251 e. The van der Waals surface area contributed by atoms with E-state index in [9.17, 15) is 4.79 Å². The number of allylic oxidation sites excluding steroid dienone is 1. The number of thioether (sulfide) groups is 1. The molecule has 28 heavy (non-hydrogen) atoms. The molecule has 2 heterocycles. The predicted octanol–water partition coefficient (Wildman–Crippen LogP) is 3.86. The number of thiophene rings is 1. The van der Waals surface area contributed by atoms with Gasteiger partial charge in [0.1, 0.15) is 0 Å². The Morgan fingerprint density at radius 2 is 2.18 bits per heavy atom. The normalized spacial score (nSPS) is 10.8. The van der Waals surface area contributed by atoms with Crippen LogP contribution < -0.4 is 5.32 Å². The molecule has 0 atom stereocenters. The van der Waals surface area contributed by atoms with Crippen LogP contribution in [-0.2, 0) is 17.0 Å². The van der Waals surface area contributed by atoms with Gasteiger partial charge in [0, 0.05) is 31.5 Å². The smallest absolute Gasteiger partial charge is 0.251 e. The van der Waals surface area contributed by atoms with Gasteiger partial charge in [0.15, 0.2) is 11.0 Å². The van der Waals surface area contributed by atoms with Crippen molar-refractivity contribution in [1.82, 2.24) is 20.1 Å². The number of amides is 1. The highest BCUT2D eigenvalue weighted by molar-refractivity contribution is 7.98. The molecule has 3 rings (SSSR count). The van der Waals surface area contributed by atoms with Gasteiger partial charge in [-0.25, -0.2) is 0 Å². The summed E-state index contributed by atoms with van der Waals surface area (Å²) in [6, 6.07) is 11.6. The zero-order chi connectivity index (χ0) is 19.8. The first-order valence-electron chi connectivity index (χ1n) is 8.80. The molecule has 0 aliphatic rings. The molecule has 0 bridgehead atoms. The molecular weight excluding hydrogens is 392 g/mol. The minimum atomic E-state index is -0.0971. The Balaban J connectivity index is 1.76. The van der Waals surface area contributed by atoms with E-state index in [0.717, 1.165) is 21.4 Å². The van der Waals surface area contributed by atoms with Crippen LogP contribution in [-0.4, -0.2) is 40.9 Å². The highest BCUT2D eigenvalue weighted by atomic mass is 32.2. The monoisotopic (exact) mass is 414 g/mol. The van der Waals surface area contributed by atoms with Crippen LogP contribution in [0.4, 0.5) is 0 Å². The fourth-order valence-corrected chi connectivity index (χ4v) is 4.32. The van der Waals surface area contributed by atoms with Gasteiger partial charge >= 0.3 is 0 Å². The van der Waals surface area contributed by atoms with Crippen molar-refractivity contribution in [2.45, 2.75) is 17.5 Å². The topological polar surface area (TPSA) is 69.0 Å². The summed E-state index contributed by atoms with van der Waals surface area (Å²) in [5.74, 6) is 1.36. The number of aromatic nitrogens is 3. The lowest BCUT2D eigenvalue weighted by molar-refractivity contribution is 0.0936. The third kappa shape index (κ3) is 4.89. The Hall–Kier alpha value is -2.42. The molecule has 1 N–H and O–H groups in total. The maximum absolute atomic E-state index is 12.5. The summed E-state index contributed by atoms with van der Waals surface area (Å²) in [5, 5.41) is 14.4. The van der Waals surface area contributed by atoms with Gasteiger partial charge in [-0.2, -0.15) is 0 Å². The van der Waals surface area contributed by atoms with Crippen molar-refractivity contribution in [2.75, 3.05) is 20.3 Å². The van der Waals surface area contributed by atoms with Crippen molar-refractivity contribution >= 4 is 29.0 Å². The van der Waals surface area contributed by atoms with E-state index in [1.165, 1.54) is 0 Å². The van der Waals surface area contributed by atoms with Crippen LogP contribution in [0, 0.1) is 0 Å². The lowest BCUT2D eigenvalue weighted by Gasteiger charge is -2.10. The van der Waals surface area contributed by atoms with Crippen molar-refractivity contribution in [3.8, 4) is 10.7 Å². The van der Waals surface area contributed by atoms with Gasteiger partial charge in [-0.1, -0.05) is 42.1 Å². The third-order valence-corrected chi connectivity index (χ3v) is 5.86. The molecular formula is C20H22N4O2S2. The molecule has 0 radical (unpaired) electrons. The number of carbonyl (C=O) groups is 1. The molecule has 146 valence electrons. The quantitative estimate of drug-likeness (QED) is 0.310. The minimum absolute atomic E-state index is 0.0971. The lowest BCUT2D eigenvalue weighted by Crippen LogP contribution is -2.27. The summed E-state index contributed by atoms with van der Waals surface area (Å²) in [5.41, 5.74) is 1.62. The fraction of sp³-hybridized carbons (Fsp3) is 0.250. The van der Waals surface area contributed by atoms with Crippen molar-refractivity contribution in [1.29, 1.82) is 0 Å². The number of hydrogen-bond acceptors (Lipinski definition) is 6. The first-order chi connectivity index (χ1) is 13.7. The number of rotatable bonds is 10. The van der Waals surface area contributed by atoms with E-state index in [4.69, 9.17) is 4.74 Å². The molecule has 3 aromatic rings. The Bertz CT molecular complexity index is 922. The van der Waals surface area contributed by atoms with Crippen LogP contribution in [0.25, 0.3) is 10.7 Å². The second-order valence-corrected chi connectivity index (χ2v) is 7.77. The van der Waals surface area contributed by atoms with E-state index in [1.54, 1.807) is 30.2 Å². The molecule has 0 aliphatic heterocycles. The summed E-state index contributed by atoms with van der Waals surface area (Å²) >= 11 is 3.19. The summed E-state index contributed by atoms with van der Waals surface area (Å²) in [6.07, 6.45) is 1.84. The molecule has 0 saturated carbocycles. The second-order valence-electron chi connectivity index (χ2n) is 5.88. The van der Waals surface area contributed by atoms with E-state index in [-0.39, 0.29) is 5.91 Å². The third-order valence-electron chi connectivity index (χ3n) is 3.98. The summed E-state index contributed by atoms with van der Waals surface area (Å²) < 4.78 is 7.04. The first-order valence-corrected chi connectivity index (χ1v) is 10.7. The highest BCUT2D eigenvalue weighted by Crippen LogP contribution is 2.29. The van der Waals surface area contributed by atoms with Crippen LogP contribution in [0.3, 0.4) is 0 Å². The lowest BCUT2D eigenvalue weighted by atomic mass is 10.1. The molecule has 8 heteroatoms. The van der Waals surface area contributed by atoms with Crippen molar-refractivity contribution in [3.05, 3.63) is 65.6 Å². The van der Waals surface area contributed by atoms with Gasteiger partial charge in [-0.15, -0.1) is 28.1 Å². The largest absolute Gasteiger partial charge is 0.383 e. The Labute approximate surface area is 172 Å². The Morgan fingerprint density at radius 1 is 1.32 bits per heavy atom. The number of methoxy groups -OCH3 is 1. The first kappa shape index (κ1) is 20.3. The van der Waals surface area contributed by atoms with E-state index < -0.39 is 0 Å². The van der Waals surface area contributed by atoms with Crippen LogP contribution in [0.1, 0.15) is 15.9 Å². The minimum Gasteiger partial charge on any atom is -0.383 e. The number of carbonyl (C=O) groups excluding carboxylic acids is 1. The van der Waals surface area contributed by atoms with Crippen molar-refractivity contribution < 1.29 is 9.53 Å². The molecule has 2 aromatic heterocycles. The summed E-state index contributed by atoms with van der Waals surface area (Å²) in [7, 11) is 1.61. The summed E-state index contributed by atoms with van der Waals surface area (Å²) in [6.45, 7) is 5.44. The van der Waals surface area contributed by atoms with Crippen molar-refractivity contribution in [2.24, 2.45) is 0 Å². The molecule has 0 fully saturated rings. The number of benzene rings is 1. The Morgan fingerprint density at radius 3 is 2.93 bits per heavy atom. The molecule has 0 saturated heterocycles. The standard InChI is InChI=1S/C20H22N4O2S2/c1-3-11-24-18(17-9-6-13-27-17)22-23-20(24)28-14-15-7-4-5-8-16(15)19(25)21-10-12-26-2/h3-9,13H,1,10-12,14H2,2H3,(H,21,25). The molecule has 0 spiro atoms. The van der Waals surface area contributed by atoms with Crippen LogP contribution in [0.2, 0.25) is 0 Å². The molecule has 6 nitrogen and oxygen atoms in total. The van der Waals surface area contributed by atoms with Crippen LogP contribution >= 0.6 is 23.1 Å². The van der Waals surface area contributed by atoms with E-state index in [2.05, 4.69) is 22.1 Å². The SMILES string of the molecule is C=CCn1c(SCc2ccccc2C(=O)NCCOC)nnc1-c1cccs1.